The molecule has 20 heavy (non-hydrogen) atoms. The molecule has 0 saturated carbocycles. The van der Waals surface area contributed by atoms with Gasteiger partial charge >= 0.3 is 0 Å². The van der Waals surface area contributed by atoms with Crippen LogP contribution in [0.25, 0.3) is 11.3 Å². The lowest BCUT2D eigenvalue weighted by atomic mass is 10.1. The molecule has 6 heteroatoms. The molecule has 106 valence electrons. The molecule has 0 aliphatic rings. The molecule has 2 aromatic rings. The summed E-state index contributed by atoms with van der Waals surface area (Å²) in [5.41, 5.74) is 0.911. The molecule has 2 rings (SSSR count). The van der Waals surface area contributed by atoms with Gasteiger partial charge in [0.05, 0.1) is 11.6 Å². The van der Waals surface area contributed by atoms with Gasteiger partial charge in [0.25, 0.3) is 5.91 Å². The number of nitrogens with zero attached hydrogens (tertiary/aromatic N) is 1. The van der Waals surface area contributed by atoms with E-state index in [4.69, 9.17) is 20.9 Å². The summed E-state index contributed by atoms with van der Waals surface area (Å²) >= 11 is 6.07. The Balaban J connectivity index is 2.13. The maximum Gasteiger partial charge on any atom is 0.273 e. The molecule has 0 bridgehead atoms. The van der Waals surface area contributed by atoms with Gasteiger partial charge in [-0.2, -0.15) is 0 Å². The Labute approximate surface area is 121 Å². The zero-order valence-corrected chi connectivity index (χ0v) is 12.0. The molecular weight excluding hydrogens is 280 g/mol. The predicted octanol–water partition coefficient (Wildman–Crippen LogP) is 2.76. The molecule has 0 aliphatic heterocycles. The van der Waals surface area contributed by atoms with Crippen LogP contribution in [0.2, 0.25) is 5.02 Å². The molecule has 1 heterocycles. The average Bonchev–Trinajstić information content (AvgIpc) is 2.89. The van der Waals surface area contributed by atoms with E-state index in [0.29, 0.717) is 23.0 Å². The number of hydrogen-bond acceptors (Lipinski definition) is 4. The maximum absolute atomic E-state index is 11.9. The number of carbonyl (C=O) groups is 1. The number of nitrogens with one attached hydrogen (secondary N) is 1. The quantitative estimate of drug-likeness (QED) is 0.921. The Bertz CT molecular complexity index is 598. The minimum absolute atomic E-state index is 0.104. The molecule has 0 radical (unpaired) electrons. The molecule has 1 N–H and O–H groups in total. The molecule has 0 saturated heterocycles. The third-order valence-electron chi connectivity index (χ3n) is 2.68. The Morgan fingerprint density at radius 1 is 1.50 bits per heavy atom. The van der Waals surface area contributed by atoms with Gasteiger partial charge < -0.3 is 14.6 Å². The van der Waals surface area contributed by atoms with Crippen LogP contribution in [0, 0.1) is 0 Å². The van der Waals surface area contributed by atoms with E-state index in [2.05, 4.69) is 10.5 Å². The Morgan fingerprint density at radius 2 is 2.25 bits per heavy atom. The van der Waals surface area contributed by atoms with Gasteiger partial charge in [-0.1, -0.05) is 28.9 Å². The zero-order valence-electron chi connectivity index (χ0n) is 11.2. The Kier molecular flexibility index (Phi) is 4.76. The number of ether oxygens (including phenoxy) is 1. The molecule has 1 aromatic heterocycles. The van der Waals surface area contributed by atoms with Gasteiger partial charge in [0.1, 0.15) is 0 Å². The number of aromatic nitrogens is 1. The smallest absolute Gasteiger partial charge is 0.273 e. The molecule has 5 nitrogen and oxygen atoms in total. The second-order valence-corrected chi connectivity index (χ2v) is 4.79. The van der Waals surface area contributed by atoms with E-state index in [1.807, 2.05) is 19.1 Å². The van der Waals surface area contributed by atoms with Gasteiger partial charge in [-0.05, 0) is 19.1 Å². The van der Waals surface area contributed by atoms with Crippen molar-refractivity contribution < 1.29 is 14.1 Å². The van der Waals surface area contributed by atoms with Crippen molar-refractivity contribution in [3.63, 3.8) is 0 Å². The van der Waals surface area contributed by atoms with Crippen LogP contribution in [0.15, 0.2) is 34.9 Å². The Morgan fingerprint density at radius 3 is 2.95 bits per heavy atom. The third-order valence-corrected chi connectivity index (χ3v) is 3.01. The van der Waals surface area contributed by atoms with E-state index < -0.39 is 0 Å². The third kappa shape index (κ3) is 3.37. The van der Waals surface area contributed by atoms with E-state index in [1.165, 1.54) is 0 Å². The van der Waals surface area contributed by atoms with Gasteiger partial charge in [-0.25, -0.2) is 0 Å². The van der Waals surface area contributed by atoms with Crippen molar-refractivity contribution >= 4 is 17.5 Å². The minimum Gasteiger partial charge on any atom is -0.383 e. The van der Waals surface area contributed by atoms with Crippen molar-refractivity contribution in [2.45, 2.75) is 13.0 Å². The summed E-state index contributed by atoms with van der Waals surface area (Å²) in [4.78, 5) is 11.9. The molecular formula is C14H15ClN2O3. The highest BCUT2D eigenvalue weighted by Gasteiger charge is 2.16. The first-order chi connectivity index (χ1) is 9.61. The summed E-state index contributed by atoms with van der Waals surface area (Å²) < 4.78 is 10.1. The van der Waals surface area contributed by atoms with Gasteiger partial charge in [0.15, 0.2) is 11.5 Å². The lowest BCUT2D eigenvalue weighted by Crippen LogP contribution is -2.35. The second-order valence-electron chi connectivity index (χ2n) is 4.39. The van der Waals surface area contributed by atoms with E-state index in [1.54, 1.807) is 25.3 Å². The fourth-order valence-corrected chi connectivity index (χ4v) is 1.99. The van der Waals surface area contributed by atoms with E-state index in [9.17, 15) is 4.79 Å². The summed E-state index contributed by atoms with van der Waals surface area (Å²) in [5, 5.41) is 7.06. The molecule has 0 aliphatic carbocycles. The summed E-state index contributed by atoms with van der Waals surface area (Å²) in [6, 6.07) is 8.67. The van der Waals surface area contributed by atoms with Crippen molar-refractivity contribution in [1.29, 1.82) is 0 Å². The largest absolute Gasteiger partial charge is 0.383 e. The second kappa shape index (κ2) is 6.54. The molecule has 1 atom stereocenters. The van der Waals surface area contributed by atoms with Crippen LogP contribution in [-0.2, 0) is 4.74 Å². The van der Waals surface area contributed by atoms with Crippen LogP contribution in [0.5, 0.6) is 0 Å². The first-order valence-corrected chi connectivity index (χ1v) is 6.51. The maximum atomic E-state index is 11.9. The number of methoxy groups -OCH3 is 1. The zero-order chi connectivity index (χ0) is 14.5. The van der Waals surface area contributed by atoms with Crippen LogP contribution in [-0.4, -0.2) is 30.8 Å². The van der Waals surface area contributed by atoms with E-state index >= 15 is 0 Å². The van der Waals surface area contributed by atoms with E-state index in [0.717, 1.165) is 0 Å². The van der Waals surface area contributed by atoms with Crippen LogP contribution >= 0.6 is 11.6 Å². The number of halogens is 1. The highest BCUT2D eigenvalue weighted by atomic mass is 35.5. The molecule has 0 spiro atoms. The van der Waals surface area contributed by atoms with Crippen molar-refractivity contribution in [2.75, 3.05) is 13.7 Å². The number of hydrogen-bond donors (Lipinski definition) is 1. The van der Waals surface area contributed by atoms with Crippen molar-refractivity contribution in [3.8, 4) is 11.3 Å². The summed E-state index contributed by atoms with van der Waals surface area (Å²) in [6.45, 7) is 2.28. The number of amides is 1. The van der Waals surface area contributed by atoms with Gasteiger partial charge in [0.2, 0.25) is 0 Å². The summed E-state index contributed by atoms with van der Waals surface area (Å²) in [6.07, 6.45) is 0. The van der Waals surface area contributed by atoms with Gasteiger partial charge in [-0.3, -0.25) is 4.79 Å². The fourth-order valence-electron chi connectivity index (χ4n) is 1.76. The van der Waals surface area contributed by atoms with Crippen LogP contribution in [0.3, 0.4) is 0 Å². The van der Waals surface area contributed by atoms with Crippen LogP contribution in [0.4, 0.5) is 0 Å². The fraction of sp³-hybridized carbons (Fsp3) is 0.286. The molecule has 1 unspecified atom stereocenters. The number of rotatable bonds is 5. The van der Waals surface area contributed by atoms with Gasteiger partial charge in [-0.15, -0.1) is 0 Å². The first-order valence-electron chi connectivity index (χ1n) is 6.13. The van der Waals surface area contributed by atoms with Crippen molar-refractivity contribution in [3.05, 3.63) is 41.0 Å². The average molecular weight is 295 g/mol. The standard InChI is InChI=1S/C14H15ClN2O3/c1-9(8-19-2)16-14(18)12-7-13(20-17-12)10-5-3-4-6-11(10)15/h3-7,9H,8H2,1-2H3,(H,16,18). The molecule has 0 fully saturated rings. The summed E-state index contributed by atoms with van der Waals surface area (Å²) in [7, 11) is 1.58. The normalized spacial score (nSPS) is 12.2. The van der Waals surface area contributed by atoms with Crippen molar-refractivity contribution in [2.24, 2.45) is 0 Å². The highest BCUT2D eigenvalue weighted by molar-refractivity contribution is 6.33. The summed E-state index contributed by atoms with van der Waals surface area (Å²) in [5.74, 6) is 0.150. The monoisotopic (exact) mass is 294 g/mol. The van der Waals surface area contributed by atoms with Crippen LogP contribution < -0.4 is 5.32 Å². The minimum atomic E-state index is -0.309. The Hall–Kier alpha value is -1.85. The SMILES string of the molecule is COCC(C)NC(=O)c1cc(-c2ccccc2Cl)on1. The molecule has 1 aromatic carbocycles. The van der Waals surface area contributed by atoms with Crippen molar-refractivity contribution in [1.82, 2.24) is 10.5 Å². The van der Waals surface area contributed by atoms with Crippen LogP contribution in [0.1, 0.15) is 17.4 Å². The number of benzene rings is 1. The van der Waals surface area contributed by atoms with Gasteiger partial charge in [0, 0.05) is 24.8 Å². The predicted molar refractivity (Wildman–Crippen MR) is 75.8 cm³/mol. The number of carbonyl (C=O) groups excluding carboxylic acids is 1. The highest BCUT2D eigenvalue weighted by Crippen LogP contribution is 2.27. The lowest BCUT2D eigenvalue weighted by Gasteiger charge is -2.10. The molecule has 1 amide bonds. The van der Waals surface area contributed by atoms with E-state index in [-0.39, 0.29) is 17.6 Å². The topological polar surface area (TPSA) is 64.4 Å². The first kappa shape index (κ1) is 14.6. The lowest BCUT2D eigenvalue weighted by molar-refractivity contribution is 0.0896.